The maximum Gasteiger partial charge on any atom is 0.303 e. The highest BCUT2D eigenvalue weighted by atomic mass is 32.3. The lowest BCUT2D eigenvalue weighted by atomic mass is 10.3. The van der Waals surface area contributed by atoms with Crippen LogP contribution in [0, 0.1) is 0 Å². The normalized spacial score (nSPS) is 11.3. The summed E-state index contributed by atoms with van der Waals surface area (Å²) in [7, 11) is -4.48. The van der Waals surface area contributed by atoms with Crippen LogP contribution >= 0.6 is 0 Å². The Bertz CT molecular complexity index is 207. The van der Waals surface area contributed by atoms with Crippen molar-refractivity contribution in [3.8, 4) is 0 Å². The molecule has 0 aliphatic heterocycles. The Morgan fingerprint density at radius 1 is 1.50 bits per heavy atom. The summed E-state index contributed by atoms with van der Waals surface area (Å²) in [5.41, 5.74) is 0. The third-order valence-corrected chi connectivity index (χ3v) is 1.56. The Morgan fingerprint density at radius 2 is 2.00 bits per heavy atom. The topological polar surface area (TPSA) is 71.4 Å². The number of rotatable bonds is 4. The zero-order valence-corrected chi connectivity index (χ0v) is 5.90. The fraction of sp³-hybridized carbons (Fsp3) is 0.750. The minimum atomic E-state index is -4.48. The molecule has 0 saturated heterocycles. The van der Waals surface area contributed by atoms with E-state index in [1.807, 2.05) is 0 Å². The summed E-state index contributed by atoms with van der Waals surface area (Å²) in [6.45, 7) is 0. The highest BCUT2D eigenvalue weighted by Gasteiger charge is 2.07. The minimum absolute atomic E-state index is 0.172. The summed E-state index contributed by atoms with van der Waals surface area (Å²) in [5, 5.41) is 7.99. The van der Waals surface area contributed by atoms with Gasteiger partial charge in [-0.25, -0.2) is 0 Å². The van der Waals surface area contributed by atoms with Crippen LogP contribution in [0.15, 0.2) is 0 Å². The summed E-state index contributed by atoms with van der Waals surface area (Å²) >= 11 is 0. The Hall–Kier alpha value is -0.650. The van der Waals surface area contributed by atoms with Crippen LogP contribution < -0.4 is 0 Å². The van der Waals surface area contributed by atoms with E-state index in [1.54, 1.807) is 0 Å². The SMILES string of the molecule is O=C(O)CCCS(=O)(=O)F. The molecule has 4 nitrogen and oxygen atoms in total. The summed E-state index contributed by atoms with van der Waals surface area (Å²) in [5.74, 6) is -1.83. The first-order valence-corrected chi connectivity index (χ1v) is 4.11. The van der Waals surface area contributed by atoms with E-state index in [4.69, 9.17) is 5.11 Å². The van der Waals surface area contributed by atoms with Gasteiger partial charge in [0.2, 0.25) is 0 Å². The molecule has 0 unspecified atom stereocenters. The van der Waals surface area contributed by atoms with E-state index in [1.165, 1.54) is 0 Å². The van der Waals surface area contributed by atoms with Crippen LogP contribution in [0.2, 0.25) is 0 Å². The monoisotopic (exact) mass is 170 g/mol. The standard InChI is InChI=1S/C4H7FO4S/c5-10(8,9)3-1-2-4(6)7/h1-3H2,(H,6,7). The van der Waals surface area contributed by atoms with E-state index in [0.717, 1.165) is 0 Å². The van der Waals surface area contributed by atoms with Crippen molar-refractivity contribution < 1.29 is 22.2 Å². The quantitative estimate of drug-likeness (QED) is 0.609. The van der Waals surface area contributed by atoms with Crippen molar-refractivity contribution >= 4 is 16.2 Å². The Morgan fingerprint density at radius 3 is 2.30 bits per heavy atom. The van der Waals surface area contributed by atoms with Crippen molar-refractivity contribution in [3.05, 3.63) is 0 Å². The maximum absolute atomic E-state index is 11.6. The predicted octanol–water partition coefficient (Wildman–Crippen LogP) is 0.151. The Balaban J connectivity index is 3.49. The van der Waals surface area contributed by atoms with Gasteiger partial charge in [0.05, 0.1) is 5.75 Å². The van der Waals surface area contributed by atoms with Crippen LogP contribution in [0.5, 0.6) is 0 Å². The third kappa shape index (κ3) is 7.35. The number of hydrogen-bond donors (Lipinski definition) is 1. The van der Waals surface area contributed by atoms with Crippen LogP contribution in [-0.2, 0) is 15.0 Å². The van der Waals surface area contributed by atoms with E-state index >= 15 is 0 Å². The van der Waals surface area contributed by atoms with Gasteiger partial charge in [-0.2, -0.15) is 8.42 Å². The first-order chi connectivity index (χ1) is 4.42. The molecule has 0 heterocycles. The van der Waals surface area contributed by atoms with Crippen LogP contribution in [0.25, 0.3) is 0 Å². The molecule has 0 fully saturated rings. The van der Waals surface area contributed by atoms with Crippen molar-refractivity contribution in [1.82, 2.24) is 0 Å². The summed E-state index contributed by atoms with van der Waals surface area (Å²) in [4.78, 5) is 9.77. The number of halogens is 1. The second kappa shape index (κ2) is 3.50. The lowest BCUT2D eigenvalue weighted by Gasteiger charge is -1.90. The van der Waals surface area contributed by atoms with Crippen molar-refractivity contribution in [2.24, 2.45) is 0 Å². The van der Waals surface area contributed by atoms with Gasteiger partial charge in [-0.05, 0) is 6.42 Å². The third-order valence-electron chi connectivity index (χ3n) is 0.779. The molecular formula is C4H7FO4S. The van der Waals surface area contributed by atoms with Crippen molar-refractivity contribution in [1.29, 1.82) is 0 Å². The van der Waals surface area contributed by atoms with E-state index in [2.05, 4.69) is 0 Å². The van der Waals surface area contributed by atoms with Crippen molar-refractivity contribution in [2.45, 2.75) is 12.8 Å². The van der Waals surface area contributed by atoms with E-state index in [-0.39, 0.29) is 12.8 Å². The molecule has 0 atom stereocenters. The average molecular weight is 170 g/mol. The number of carbonyl (C=O) groups is 1. The number of carboxylic acids is 1. The first-order valence-electron chi connectivity index (χ1n) is 2.56. The number of aliphatic carboxylic acids is 1. The van der Waals surface area contributed by atoms with Gasteiger partial charge in [0.1, 0.15) is 0 Å². The van der Waals surface area contributed by atoms with Crippen LogP contribution in [0.3, 0.4) is 0 Å². The second-order valence-electron chi connectivity index (χ2n) is 1.74. The molecule has 1 N–H and O–H groups in total. The molecule has 0 aromatic heterocycles. The summed E-state index contributed by atoms with van der Waals surface area (Å²) in [6, 6.07) is 0. The van der Waals surface area contributed by atoms with E-state index < -0.39 is 21.9 Å². The van der Waals surface area contributed by atoms with Gasteiger partial charge >= 0.3 is 16.2 Å². The molecule has 6 heteroatoms. The van der Waals surface area contributed by atoms with Gasteiger partial charge in [0, 0.05) is 6.42 Å². The van der Waals surface area contributed by atoms with E-state index in [0.29, 0.717) is 0 Å². The average Bonchev–Trinajstić information content (AvgIpc) is 1.59. The molecule has 10 heavy (non-hydrogen) atoms. The molecule has 0 aliphatic rings. The summed E-state index contributed by atoms with van der Waals surface area (Å²) in [6.07, 6.45) is -0.489. The minimum Gasteiger partial charge on any atom is -0.481 e. The molecule has 0 radical (unpaired) electrons. The lowest BCUT2D eigenvalue weighted by molar-refractivity contribution is -0.137. The van der Waals surface area contributed by atoms with Gasteiger partial charge in [-0.15, -0.1) is 3.89 Å². The lowest BCUT2D eigenvalue weighted by Crippen LogP contribution is -2.02. The second-order valence-corrected chi connectivity index (χ2v) is 3.23. The maximum atomic E-state index is 11.6. The van der Waals surface area contributed by atoms with Gasteiger partial charge in [0.25, 0.3) is 0 Å². The fourth-order valence-electron chi connectivity index (χ4n) is 0.396. The number of carboxylic acid groups (broad SMARTS) is 1. The highest BCUT2D eigenvalue weighted by Crippen LogP contribution is 1.97. The van der Waals surface area contributed by atoms with Gasteiger partial charge in [-0.3, -0.25) is 4.79 Å². The molecule has 0 aliphatic carbocycles. The number of hydrogen-bond acceptors (Lipinski definition) is 3. The van der Waals surface area contributed by atoms with Gasteiger partial charge < -0.3 is 5.11 Å². The first kappa shape index (κ1) is 9.35. The Labute approximate surface area is 57.9 Å². The summed E-state index contributed by atoms with van der Waals surface area (Å²) < 4.78 is 31.1. The highest BCUT2D eigenvalue weighted by molar-refractivity contribution is 7.86. The Kier molecular flexibility index (Phi) is 3.27. The van der Waals surface area contributed by atoms with Crippen molar-refractivity contribution in [3.63, 3.8) is 0 Å². The van der Waals surface area contributed by atoms with Gasteiger partial charge in [0.15, 0.2) is 0 Å². The van der Waals surface area contributed by atoms with Crippen molar-refractivity contribution in [2.75, 3.05) is 5.75 Å². The molecule has 0 aromatic rings. The molecule has 0 bridgehead atoms. The fourth-order valence-corrected chi connectivity index (χ4v) is 0.885. The zero-order chi connectivity index (χ0) is 8.20. The van der Waals surface area contributed by atoms with Crippen LogP contribution in [0.4, 0.5) is 3.89 Å². The molecule has 0 spiro atoms. The largest absolute Gasteiger partial charge is 0.481 e. The van der Waals surface area contributed by atoms with Crippen LogP contribution in [0.1, 0.15) is 12.8 Å². The molecule has 0 rings (SSSR count). The van der Waals surface area contributed by atoms with Gasteiger partial charge in [-0.1, -0.05) is 0 Å². The zero-order valence-electron chi connectivity index (χ0n) is 5.08. The molecule has 0 saturated carbocycles. The van der Waals surface area contributed by atoms with Crippen LogP contribution in [-0.4, -0.2) is 25.2 Å². The van der Waals surface area contributed by atoms with E-state index in [9.17, 15) is 17.1 Å². The predicted molar refractivity (Wildman–Crippen MR) is 31.8 cm³/mol. The molecule has 0 amide bonds. The smallest absolute Gasteiger partial charge is 0.303 e. The molecule has 60 valence electrons. The molecule has 0 aromatic carbocycles. The molecular weight excluding hydrogens is 163 g/mol.